The first-order valence-electron chi connectivity index (χ1n) is 7.43. The van der Waals surface area contributed by atoms with Crippen molar-refractivity contribution in [1.29, 1.82) is 0 Å². The van der Waals surface area contributed by atoms with Crippen molar-refractivity contribution >= 4 is 5.78 Å². The predicted molar refractivity (Wildman–Crippen MR) is 86.5 cm³/mol. The molecule has 0 fully saturated rings. The number of nitrogens with zero attached hydrogens (tertiary/aromatic N) is 1. The molecule has 22 heavy (non-hydrogen) atoms. The molecule has 124 valence electrons. The van der Waals surface area contributed by atoms with E-state index in [2.05, 4.69) is 0 Å². The minimum Gasteiger partial charge on any atom is -0.497 e. The Hall–Kier alpha value is -1.43. The van der Waals surface area contributed by atoms with E-state index in [1.807, 2.05) is 18.7 Å². The number of methoxy groups -OCH3 is 2. The number of aliphatic hydroxyl groups excluding tert-OH is 1. The highest BCUT2D eigenvalue weighted by atomic mass is 16.5. The van der Waals surface area contributed by atoms with E-state index in [1.165, 1.54) is 0 Å². The molecule has 0 bridgehead atoms. The quantitative estimate of drug-likeness (QED) is 0.707. The topological polar surface area (TPSA) is 59.0 Å². The molecular formula is C17H27NO4. The summed E-state index contributed by atoms with van der Waals surface area (Å²) in [6.07, 6.45) is -0.514. The second-order valence-electron chi connectivity index (χ2n) is 5.90. The summed E-state index contributed by atoms with van der Waals surface area (Å²) in [5.41, 5.74) is -0.108. The highest BCUT2D eigenvalue weighted by molar-refractivity contribution is 6.02. The number of hydrogen-bond donors (Lipinski definition) is 1. The van der Waals surface area contributed by atoms with Crippen molar-refractivity contribution in [3.05, 3.63) is 29.8 Å². The molecule has 5 heteroatoms. The van der Waals surface area contributed by atoms with Gasteiger partial charge in [0.05, 0.1) is 25.4 Å². The molecule has 5 nitrogen and oxygen atoms in total. The molecule has 1 unspecified atom stereocenters. The van der Waals surface area contributed by atoms with Crippen LogP contribution < -0.4 is 4.74 Å². The van der Waals surface area contributed by atoms with Crippen molar-refractivity contribution in [2.24, 2.45) is 0 Å². The fraction of sp³-hybridized carbons (Fsp3) is 0.588. The maximum absolute atomic E-state index is 12.8. The third-order valence-corrected chi connectivity index (χ3v) is 3.75. The Morgan fingerprint density at radius 1 is 1.27 bits per heavy atom. The maximum atomic E-state index is 12.8. The van der Waals surface area contributed by atoms with E-state index in [-0.39, 0.29) is 5.78 Å². The molecule has 0 amide bonds. The second kappa shape index (κ2) is 8.27. The lowest BCUT2D eigenvalue weighted by Gasteiger charge is -2.38. The summed E-state index contributed by atoms with van der Waals surface area (Å²) in [5.74, 6) is 0.724. The number of carbonyl (C=O) groups excluding carboxylic acids is 1. The first kappa shape index (κ1) is 18.6. The summed E-state index contributed by atoms with van der Waals surface area (Å²) < 4.78 is 10.2. The van der Waals surface area contributed by atoms with Crippen molar-refractivity contribution in [2.45, 2.75) is 32.4 Å². The van der Waals surface area contributed by atoms with Gasteiger partial charge < -0.3 is 14.6 Å². The van der Waals surface area contributed by atoms with Crippen LogP contribution in [0.3, 0.4) is 0 Å². The van der Waals surface area contributed by atoms with E-state index in [0.29, 0.717) is 25.3 Å². The number of benzene rings is 1. The van der Waals surface area contributed by atoms with Crippen LogP contribution in [-0.2, 0) is 4.74 Å². The lowest BCUT2D eigenvalue weighted by Crippen LogP contribution is -2.53. The minimum absolute atomic E-state index is 0.00639. The van der Waals surface area contributed by atoms with E-state index in [0.717, 1.165) is 5.75 Å². The van der Waals surface area contributed by atoms with Crippen LogP contribution in [0.15, 0.2) is 24.3 Å². The number of ether oxygens (including phenoxy) is 2. The molecule has 0 aliphatic heterocycles. The van der Waals surface area contributed by atoms with Crippen molar-refractivity contribution in [2.75, 3.05) is 33.9 Å². The Morgan fingerprint density at radius 2 is 1.86 bits per heavy atom. The zero-order valence-corrected chi connectivity index (χ0v) is 14.1. The van der Waals surface area contributed by atoms with E-state index in [9.17, 15) is 9.90 Å². The summed E-state index contributed by atoms with van der Waals surface area (Å²) in [5, 5.41) is 9.70. The number of rotatable bonds is 9. The van der Waals surface area contributed by atoms with Crippen molar-refractivity contribution in [3.63, 3.8) is 0 Å². The molecule has 1 rings (SSSR count). The Labute approximate surface area is 132 Å². The fourth-order valence-electron chi connectivity index (χ4n) is 2.36. The highest BCUT2D eigenvalue weighted by Gasteiger charge is 2.35. The molecule has 0 saturated carbocycles. The molecule has 1 aromatic rings. The van der Waals surface area contributed by atoms with Gasteiger partial charge >= 0.3 is 0 Å². The minimum atomic E-state index is -0.732. The fourth-order valence-corrected chi connectivity index (χ4v) is 2.36. The van der Waals surface area contributed by atoms with Crippen LogP contribution >= 0.6 is 0 Å². The number of aliphatic hydroxyl groups is 1. The number of ketones is 1. The highest BCUT2D eigenvalue weighted by Crippen LogP contribution is 2.22. The maximum Gasteiger partial charge on any atom is 0.182 e. The van der Waals surface area contributed by atoms with Crippen molar-refractivity contribution in [1.82, 2.24) is 4.90 Å². The van der Waals surface area contributed by atoms with Crippen LogP contribution in [0.25, 0.3) is 0 Å². The van der Waals surface area contributed by atoms with Gasteiger partial charge in [0, 0.05) is 25.8 Å². The van der Waals surface area contributed by atoms with Crippen LogP contribution in [0, 0.1) is 0 Å². The predicted octanol–water partition coefficient (Wildman–Crippen LogP) is 1.99. The van der Waals surface area contributed by atoms with E-state index in [1.54, 1.807) is 45.4 Å². The standard InChI is InChI=1S/C17H27NO4/c1-13(19)12-18(10-11-21-4)17(2,3)16(20)14-6-8-15(22-5)9-7-14/h6-9,13,19H,10-12H2,1-5H3. The molecule has 0 aromatic heterocycles. The average molecular weight is 309 g/mol. The molecular weight excluding hydrogens is 282 g/mol. The SMILES string of the molecule is COCCN(CC(C)O)C(C)(C)C(=O)c1ccc(OC)cc1. The van der Waals surface area contributed by atoms with Gasteiger partial charge in [-0.2, -0.15) is 0 Å². The molecule has 0 aliphatic carbocycles. The molecule has 0 spiro atoms. The van der Waals surface area contributed by atoms with Crippen LogP contribution in [0.1, 0.15) is 31.1 Å². The van der Waals surface area contributed by atoms with E-state index in [4.69, 9.17) is 9.47 Å². The van der Waals surface area contributed by atoms with Crippen LogP contribution in [-0.4, -0.2) is 61.3 Å². The number of β-amino-alcohol motifs (C(OH)–C–C–N with tert-alkyl or cyclic N) is 1. The Morgan fingerprint density at radius 3 is 2.32 bits per heavy atom. The van der Waals surface area contributed by atoms with Gasteiger partial charge in [0.15, 0.2) is 5.78 Å². The van der Waals surface area contributed by atoms with Gasteiger partial charge in [-0.3, -0.25) is 9.69 Å². The van der Waals surface area contributed by atoms with Gasteiger partial charge in [0.1, 0.15) is 5.75 Å². The normalized spacial score (nSPS) is 13.2. The molecule has 0 radical (unpaired) electrons. The van der Waals surface area contributed by atoms with Gasteiger partial charge in [-0.1, -0.05) is 0 Å². The molecule has 0 aliphatic rings. The molecule has 0 saturated heterocycles. The lowest BCUT2D eigenvalue weighted by atomic mass is 9.90. The zero-order chi connectivity index (χ0) is 16.8. The number of hydrogen-bond acceptors (Lipinski definition) is 5. The summed E-state index contributed by atoms with van der Waals surface area (Å²) in [4.78, 5) is 14.8. The van der Waals surface area contributed by atoms with E-state index >= 15 is 0 Å². The summed E-state index contributed by atoms with van der Waals surface area (Å²) in [7, 11) is 3.22. The van der Waals surface area contributed by atoms with E-state index < -0.39 is 11.6 Å². The number of Topliss-reactive ketones (excluding diaryl/α,β-unsaturated/α-hetero) is 1. The van der Waals surface area contributed by atoms with Gasteiger partial charge in [0.25, 0.3) is 0 Å². The monoisotopic (exact) mass is 309 g/mol. The molecule has 1 aromatic carbocycles. The van der Waals surface area contributed by atoms with Crippen LogP contribution in [0.2, 0.25) is 0 Å². The molecule has 1 atom stereocenters. The Balaban J connectivity index is 2.96. The average Bonchev–Trinajstić information content (AvgIpc) is 2.50. The van der Waals surface area contributed by atoms with Crippen LogP contribution in [0.5, 0.6) is 5.75 Å². The lowest BCUT2D eigenvalue weighted by molar-refractivity contribution is 0.0328. The molecule has 0 heterocycles. The first-order valence-corrected chi connectivity index (χ1v) is 7.43. The second-order valence-corrected chi connectivity index (χ2v) is 5.90. The van der Waals surface area contributed by atoms with Gasteiger partial charge in [-0.05, 0) is 45.0 Å². The summed E-state index contributed by atoms with van der Waals surface area (Å²) in [6, 6.07) is 7.08. The smallest absolute Gasteiger partial charge is 0.182 e. The molecule has 1 N–H and O–H groups in total. The zero-order valence-electron chi connectivity index (χ0n) is 14.1. The van der Waals surface area contributed by atoms with Gasteiger partial charge in [-0.25, -0.2) is 0 Å². The van der Waals surface area contributed by atoms with Crippen LogP contribution in [0.4, 0.5) is 0 Å². The Bertz CT molecular complexity index is 468. The third-order valence-electron chi connectivity index (χ3n) is 3.75. The summed E-state index contributed by atoms with van der Waals surface area (Å²) >= 11 is 0. The third kappa shape index (κ3) is 4.80. The van der Waals surface area contributed by atoms with Gasteiger partial charge in [-0.15, -0.1) is 0 Å². The largest absolute Gasteiger partial charge is 0.497 e. The van der Waals surface area contributed by atoms with Crippen molar-refractivity contribution < 1.29 is 19.4 Å². The Kier molecular flexibility index (Phi) is 7.00. The first-order chi connectivity index (χ1) is 10.3. The van der Waals surface area contributed by atoms with Gasteiger partial charge in [0.2, 0.25) is 0 Å². The summed E-state index contributed by atoms with van der Waals surface area (Å²) in [6.45, 7) is 6.96. The number of carbonyl (C=O) groups is 1. The van der Waals surface area contributed by atoms with Crippen molar-refractivity contribution in [3.8, 4) is 5.75 Å².